The van der Waals surface area contributed by atoms with Crippen LogP contribution in [-0.4, -0.2) is 21.2 Å². The van der Waals surface area contributed by atoms with Crippen LogP contribution in [0.3, 0.4) is 0 Å². The average Bonchev–Trinajstić information content (AvgIpc) is 3.04. The smallest absolute Gasteiger partial charge is 0.407 e. The van der Waals surface area contributed by atoms with Gasteiger partial charge in [0.05, 0.1) is 28.3 Å². The van der Waals surface area contributed by atoms with Crippen molar-refractivity contribution in [2.45, 2.75) is 30.7 Å². The minimum atomic E-state index is -0.620. The van der Waals surface area contributed by atoms with Crippen molar-refractivity contribution in [1.29, 1.82) is 5.26 Å². The number of nitro benzene ring substituents is 1. The van der Waals surface area contributed by atoms with Gasteiger partial charge in [-0.1, -0.05) is 12.1 Å². The van der Waals surface area contributed by atoms with E-state index in [1.807, 2.05) is 18.2 Å². The molecule has 0 atom stereocenters. The number of thioether (sulfide) groups is 1. The molecule has 0 aliphatic heterocycles. The van der Waals surface area contributed by atoms with Crippen molar-refractivity contribution in [2.75, 3.05) is 11.1 Å². The molecule has 0 saturated heterocycles. The van der Waals surface area contributed by atoms with Crippen LogP contribution in [0.1, 0.15) is 19.3 Å². The predicted octanol–water partition coefficient (Wildman–Crippen LogP) is 3.93. The van der Waals surface area contributed by atoms with Crippen molar-refractivity contribution in [1.82, 2.24) is 4.57 Å². The highest BCUT2D eigenvalue weighted by molar-refractivity contribution is 7.99. The number of carbonyl (C=O) groups excluding carboxylic acids is 1. The molecule has 3 rings (SSSR count). The molecule has 1 N–H and O–H groups in total. The fourth-order valence-corrected chi connectivity index (χ4v) is 3.76. The Labute approximate surface area is 175 Å². The molecule has 30 heavy (non-hydrogen) atoms. The molecule has 0 spiro atoms. The third-order valence-corrected chi connectivity index (χ3v) is 5.36. The summed E-state index contributed by atoms with van der Waals surface area (Å²) in [5.41, 5.74) is 1.12. The molecule has 0 unspecified atom stereocenters. The van der Waals surface area contributed by atoms with Crippen molar-refractivity contribution < 1.29 is 14.1 Å². The van der Waals surface area contributed by atoms with Gasteiger partial charge in [0.25, 0.3) is 5.69 Å². The second kappa shape index (κ2) is 9.76. The topological polar surface area (TPSA) is 131 Å². The van der Waals surface area contributed by atoms with E-state index in [2.05, 4.69) is 11.4 Å². The molecule has 2 aromatic carbocycles. The molecule has 1 aromatic heterocycles. The monoisotopic (exact) mass is 426 g/mol. The van der Waals surface area contributed by atoms with Gasteiger partial charge in [-0.25, -0.2) is 4.79 Å². The summed E-state index contributed by atoms with van der Waals surface area (Å²) in [6.45, 7) is 0.246. The van der Waals surface area contributed by atoms with Gasteiger partial charge < -0.3 is 9.73 Å². The highest BCUT2D eigenvalue weighted by Crippen LogP contribution is 2.27. The predicted molar refractivity (Wildman–Crippen MR) is 112 cm³/mol. The van der Waals surface area contributed by atoms with E-state index >= 15 is 0 Å². The Hall–Kier alpha value is -3.58. The second-order valence-electron chi connectivity index (χ2n) is 6.33. The SMILES string of the molecule is N#CCCSc1ccccc1NC(=O)CCCn1c(=O)oc2cc([N+](=O)[O-])ccc21. The van der Waals surface area contributed by atoms with Gasteiger partial charge in [0.15, 0.2) is 5.58 Å². The minimum absolute atomic E-state index is 0.141. The number of hydrogen-bond donors (Lipinski definition) is 1. The van der Waals surface area contributed by atoms with Gasteiger partial charge in [-0.05, 0) is 24.6 Å². The molecule has 0 aliphatic carbocycles. The van der Waals surface area contributed by atoms with E-state index in [1.165, 1.54) is 34.5 Å². The van der Waals surface area contributed by atoms with E-state index in [-0.39, 0.29) is 30.1 Å². The van der Waals surface area contributed by atoms with Gasteiger partial charge >= 0.3 is 5.76 Å². The zero-order valence-corrected chi connectivity index (χ0v) is 16.7. The van der Waals surface area contributed by atoms with Crippen LogP contribution in [0, 0.1) is 21.4 Å². The average molecular weight is 426 g/mol. The first-order valence-corrected chi connectivity index (χ1v) is 10.1. The highest BCUT2D eigenvalue weighted by Gasteiger charge is 2.14. The van der Waals surface area contributed by atoms with Gasteiger partial charge in [0.2, 0.25) is 5.91 Å². The lowest BCUT2D eigenvalue weighted by Gasteiger charge is -2.10. The van der Waals surface area contributed by atoms with Crippen molar-refractivity contribution >= 4 is 40.1 Å². The molecule has 1 heterocycles. The number of nitro groups is 1. The van der Waals surface area contributed by atoms with Gasteiger partial charge in [-0.2, -0.15) is 5.26 Å². The van der Waals surface area contributed by atoms with Crippen LogP contribution in [0.25, 0.3) is 11.1 Å². The first-order valence-electron chi connectivity index (χ1n) is 9.16. The number of oxazole rings is 1. The molecule has 0 fully saturated rings. The third kappa shape index (κ3) is 5.07. The number of nitrogens with zero attached hydrogens (tertiary/aromatic N) is 3. The molecule has 3 aromatic rings. The number of hydrogen-bond acceptors (Lipinski definition) is 7. The van der Waals surface area contributed by atoms with E-state index in [9.17, 15) is 19.7 Å². The first kappa shape index (κ1) is 21.1. The molecule has 154 valence electrons. The molecular formula is C20H18N4O5S. The third-order valence-electron chi connectivity index (χ3n) is 4.28. The van der Waals surface area contributed by atoms with Crippen LogP contribution in [0.4, 0.5) is 11.4 Å². The van der Waals surface area contributed by atoms with Crippen LogP contribution >= 0.6 is 11.8 Å². The number of amides is 1. The number of carbonyl (C=O) groups is 1. The van der Waals surface area contributed by atoms with Crippen molar-refractivity contribution in [3.05, 3.63) is 63.1 Å². The van der Waals surface area contributed by atoms with Crippen molar-refractivity contribution in [2.24, 2.45) is 0 Å². The number of aryl methyl sites for hydroxylation is 1. The normalized spacial score (nSPS) is 10.6. The molecule has 9 nitrogen and oxygen atoms in total. The maximum absolute atomic E-state index is 12.3. The van der Waals surface area contributed by atoms with Crippen LogP contribution in [-0.2, 0) is 11.3 Å². The lowest BCUT2D eigenvalue weighted by Crippen LogP contribution is -2.17. The quantitative estimate of drug-likeness (QED) is 0.237. The fourth-order valence-electron chi connectivity index (χ4n) is 2.89. The van der Waals surface area contributed by atoms with Gasteiger partial charge in [0.1, 0.15) is 0 Å². The largest absolute Gasteiger partial charge is 0.419 e. The number of fused-ring (bicyclic) bond motifs is 1. The van der Waals surface area contributed by atoms with E-state index < -0.39 is 10.7 Å². The van der Waals surface area contributed by atoms with Crippen LogP contribution in [0.2, 0.25) is 0 Å². The molecule has 0 aliphatic rings. The standard InChI is InChI=1S/C20H18N4O5S/c21-10-4-12-30-18-6-2-1-5-15(18)22-19(25)7-3-11-23-16-9-8-14(24(27)28)13-17(16)29-20(23)26/h1-2,5-6,8-9,13H,3-4,7,11-12H2,(H,22,25). The number of benzene rings is 2. The number of anilines is 1. The maximum Gasteiger partial charge on any atom is 0.419 e. The van der Waals surface area contributed by atoms with Gasteiger partial charge in [0, 0.05) is 36.1 Å². The summed E-state index contributed by atoms with van der Waals surface area (Å²) in [6.07, 6.45) is 0.994. The fraction of sp³-hybridized carbons (Fsp3) is 0.250. The lowest BCUT2D eigenvalue weighted by atomic mass is 10.2. The number of aromatic nitrogens is 1. The van der Waals surface area contributed by atoms with Crippen LogP contribution < -0.4 is 11.1 Å². The Kier molecular flexibility index (Phi) is 6.87. The number of rotatable bonds is 9. The van der Waals surface area contributed by atoms with Crippen molar-refractivity contribution in [3.63, 3.8) is 0 Å². The van der Waals surface area contributed by atoms with Gasteiger partial charge in [-0.3, -0.25) is 19.5 Å². The maximum atomic E-state index is 12.3. The lowest BCUT2D eigenvalue weighted by molar-refractivity contribution is -0.384. The molecule has 10 heteroatoms. The summed E-state index contributed by atoms with van der Waals surface area (Å²) in [7, 11) is 0. The Bertz CT molecular complexity index is 1180. The van der Waals surface area contributed by atoms with E-state index in [4.69, 9.17) is 9.68 Å². The number of nitrogens with one attached hydrogen (secondary N) is 1. The second-order valence-corrected chi connectivity index (χ2v) is 7.47. The summed E-state index contributed by atoms with van der Waals surface area (Å²) in [6, 6.07) is 13.4. The summed E-state index contributed by atoms with van der Waals surface area (Å²) >= 11 is 1.50. The van der Waals surface area contributed by atoms with Crippen LogP contribution in [0.5, 0.6) is 0 Å². The molecule has 0 bridgehead atoms. The summed E-state index contributed by atoms with van der Waals surface area (Å²) < 4.78 is 6.44. The highest BCUT2D eigenvalue weighted by atomic mass is 32.2. The van der Waals surface area contributed by atoms with Gasteiger partial charge in [-0.15, -0.1) is 11.8 Å². The molecule has 1 amide bonds. The Morgan fingerprint density at radius 1 is 1.30 bits per heavy atom. The molecule has 0 saturated carbocycles. The zero-order chi connectivity index (χ0) is 21.5. The Balaban J connectivity index is 1.60. The van der Waals surface area contributed by atoms with Crippen molar-refractivity contribution in [3.8, 4) is 6.07 Å². The van der Waals surface area contributed by atoms with E-state index in [1.54, 1.807) is 6.07 Å². The first-order chi connectivity index (χ1) is 14.5. The number of non-ortho nitro benzene ring substituents is 1. The summed E-state index contributed by atoms with van der Waals surface area (Å²) in [5.74, 6) is -0.178. The Morgan fingerprint density at radius 3 is 2.87 bits per heavy atom. The number of nitriles is 1. The van der Waals surface area contributed by atoms with E-state index in [0.29, 0.717) is 29.8 Å². The minimum Gasteiger partial charge on any atom is -0.407 e. The Morgan fingerprint density at radius 2 is 2.10 bits per heavy atom. The summed E-state index contributed by atoms with van der Waals surface area (Å²) in [4.78, 5) is 35.6. The molecule has 0 radical (unpaired) electrons. The zero-order valence-electron chi connectivity index (χ0n) is 15.9. The van der Waals surface area contributed by atoms with Crippen LogP contribution in [0.15, 0.2) is 56.6 Å². The summed E-state index contributed by atoms with van der Waals surface area (Å²) in [5, 5.41) is 22.4. The van der Waals surface area contributed by atoms with E-state index in [0.717, 1.165) is 4.90 Å². The number of para-hydroxylation sites is 1. The molecular weight excluding hydrogens is 408 g/mol.